The molecule has 3 aromatic rings. The van der Waals surface area contributed by atoms with E-state index in [4.69, 9.17) is 0 Å². The first-order valence-electron chi connectivity index (χ1n) is 11.5. The van der Waals surface area contributed by atoms with Gasteiger partial charge in [0.25, 0.3) is 5.01 Å². The number of aromatic nitrogens is 1. The second-order valence-corrected chi connectivity index (χ2v) is 10.1. The van der Waals surface area contributed by atoms with Crippen LogP contribution in [0.5, 0.6) is 0 Å². The second kappa shape index (κ2) is 7.39. The average Bonchev–Trinajstić information content (AvgIpc) is 3.11. The summed E-state index contributed by atoms with van der Waals surface area (Å²) in [7, 11) is 2.22. The van der Waals surface area contributed by atoms with Crippen LogP contribution in [0.15, 0.2) is 48.0 Å². The van der Waals surface area contributed by atoms with Gasteiger partial charge in [0, 0.05) is 30.4 Å². The van der Waals surface area contributed by atoms with E-state index in [1.807, 2.05) is 11.3 Å². The Morgan fingerprint density at radius 3 is 2.47 bits per heavy atom. The number of benzene rings is 2. The maximum atomic E-state index is 2.63. The van der Waals surface area contributed by atoms with E-state index >= 15 is 0 Å². The third-order valence-corrected chi connectivity index (χ3v) is 8.29. The van der Waals surface area contributed by atoms with Gasteiger partial charge in [0.05, 0.1) is 0 Å². The molecule has 2 aromatic carbocycles. The van der Waals surface area contributed by atoms with E-state index in [1.54, 1.807) is 16.8 Å². The van der Waals surface area contributed by atoms with Crippen molar-refractivity contribution >= 4 is 38.9 Å². The highest BCUT2D eigenvalue weighted by Gasteiger charge is 2.25. The fraction of sp³-hybridized carbons (Fsp3) is 0.370. The first kappa shape index (κ1) is 18.4. The van der Waals surface area contributed by atoms with Gasteiger partial charge in [0.15, 0.2) is 0 Å². The average molecular weight is 414 g/mol. The van der Waals surface area contributed by atoms with Gasteiger partial charge >= 0.3 is 0 Å². The minimum Gasteiger partial charge on any atom is -0.371 e. The Morgan fingerprint density at radius 2 is 1.70 bits per heavy atom. The van der Waals surface area contributed by atoms with Gasteiger partial charge in [-0.3, -0.25) is 0 Å². The van der Waals surface area contributed by atoms with Gasteiger partial charge in [-0.2, -0.15) is 4.57 Å². The molecule has 2 nitrogen and oxygen atoms in total. The number of hydrogen-bond donors (Lipinski definition) is 0. The summed E-state index contributed by atoms with van der Waals surface area (Å²) in [5, 5.41) is 1.41. The molecule has 152 valence electrons. The Labute approximate surface area is 183 Å². The van der Waals surface area contributed by atoms with Crippen LogP contribution in [0, 0.1) is 0 Å². The molecule has 1 aliphatic carbocycles. The third-order valence-electron chi connectivity index (χ3n) is 6.99. The maximum absolute atomic E-state index is 2.63. The summed E-state index contributed by atoms with van der Waals surface area (Å²) in [4.78, 5) is 2.63. The van der Waals surface area contributed by atoms with Gasteiger partial charge in [0.1, 0.15) is 11.7 Å². The molecule has 30 heavy (non-hydrogen) atoms. The van der Waals surface area contributed by atoms with E-state index in [1.165, 1.54) is 90.0 Å². The number of fused-ring (bicyclic) bond motifs is 1. The van der Waals surface area contributed by atoms with E-state index in [0.29, 0.717) is 0 Å². The lowest BCUT2D eigenvalue weighted by Gasteiger charge is -2.37. The van der Waals surface area contributed by atoms with Gasteiger partial charge in [-0.15, -0.1) is 0 Å². The topological polar surface area (TPSA) is 7.12 Å². The monoisotopic (exact) mass is 413 g/mol. The van der Waals surface area contributed by atoms with Gasteiger partial charge < -0.3 is 4.90 Å². The van der Waals surface area contributed by atoms with Crippen LogP contribution in [-0.4, -0.2) is 13.1 Å². The zero-order valence-electron chi connectivity index (χ0n) is 17.8. The van der Waals surface area contributed by atoms with Gasteiger partial charge in [-0.25, -0.2) is 0 Å². The van der Waals surface area contributed by atoms with Crippen LogP contribution in [0.25, 0.3) is 21.9 Å². The van der Waals surface area contributed by atoms with Gasteiger partial charge in [0.2, 0.25) is 5.52 Å². The van der Waals surface area contributed by atoms with E-state index in [9.17, 15) is 0 Å². The molecule has 3 aliphatic rings. The molecule has 0 bridgehead atoms. The molecule has 0 unspecified atom stereocenters. The summed E-state index contributed by atoms with van der Waals surface area (Å²) in [5.41, 5.74) is 10.5. The van der Waals surface area contributed by atoms with Crippen LogP contribution in [-0.2, 0) is 19.9 Å². The molecule has 3 heteroatoms. The summed E-state index contributed by atoms with van der Waals surface area (Å²) in [6.07, 6.45) is 13.7. The molecule has 0 amide bonds. The molecule has 0 saturated carbocycles. The lowest BCUT2D eigenvalue weighted by Crippen LogP contribution is -2.34. The van der Waals surface area contributed by atoms with Crippen LogP contribution in [0.4, 0.5) is 5.69 Å². The number of thiazole rings is 1. The lowest BCUT2D eigenvalue weighted by molar-refractivity contribution is -0.642. The third kappa shape index (κ3) is 3.11. The fourth-order valence-corrected chi connectivity index (χ4v) is 6.84. The first-order valence-corrected chi connectivity index (χ1v) is 12.3. The maximum Gasteiger partial charge on any atom is 0.265 e. The summed E-state index contributed by atoms with van der Waals surface area (Å²) < 4.78 is 3.76. The highest BCUT2D eigenvalue weighted by molar-refractivity contribution is 7.19. The Morgan fingerprint density at radius 1 is 0.933 bits per heavy atom. The number of hydrogen-bond acceptors (Lipinski definition) is 2. The van der Waals surface area contributed by atoms with Crippen molar-refractivity contribution in [2.75, 3.05) is 18.0 Å². The van der Waals surface area contributed by atoms with Crippen molar-refractivity contribution in [2.24, 2.45) is 7.05 Å². The molecule has 3 heterocycles. The van der Waals surface area contributed by atoms with Crippen molar-refractivity contribution in [1.82, 2.24) is 0 Å². The molecule has 6 rings (SSSR count). The predicted molar refractivity (Wildman–Crippen MR) is 128 cm³/mol. The zero-order valence-corrected chi connectivity index (χ0v) is 18.6. The molecular formula is C27H29N2S+. The Bertz CT molecular complexity index is 1170. The standard InChI is InChI=1S/C27H29N2S/c1-28-24-11-2-3-12-25(24)30-27(28)23-8-4-7-19(16-23)15-20-17-21-9-5-13-29-14-6-10-22(18-20)26(21)29/h2-3,11-12,15-18H,4-10,13-14H2,1H3/q+1. The minimum atomic E-state index is 1.18. The minimum absolute atomic E-state index is 1.18. The number of para-hydroxylation sites is 1. The summed E-state index contributed by atoms with van der Waals surface area (Å²) in [6.45, 7) is 2.50. The van der Waals surface area contributed by atoms with Crippen LogP contribution < -0.4 is 9.47 Å². The Hall–Kier alpha value is -2.39. The summed E-state index contributed by atoms with van der Waals surface area (Å²) >= 11 is 1.93. The number of rotatable bonds is 2. The molecular weight excluding hydrogens is 384 g/mol. The highest BCUT2D eigenvalue weighted by Crippen LogP contribution is 2.38. The molecule has 2 aliphatic heterocycles. The van der Waals surface area contributed by atoms with Gasteiger partial charge in [-0.1, -0.05) is 29.5 Å². The van der Waals surface area contributed by atoms with Crippen LogP contribution >= 0.6 is 11.3 Å². The van der Waals surface area contributed by atoms with Crippen molar-refractivity contribution < 1.29 is 4.57 Å². The van der Waals surface area contributed by atoms with Gasteiger partial charge in [-0.05, 0) is 91.5 Å². The van der Waals surface area contributed by atoms with Crippen molar-refractivity contribution in [3.8, 4) is 0 Å². The van der Waals surface area contributed by atoms with Crippen LogP contribution in [0.1, 0.15) is 53.8 Å². The summed E-state index contributed by atoms with van der Waals surface area (Å²) in [6, 6.07) is 13.7. The SMILES string of the molecule is C[n+]1c(C2=C/C(=C/c3cc4c5c(c3)CCCN5CCC4)CCC2)sc2ccccc21. The van der Waals surface area contributed by atoms with E-state index in [2.05, 4.69) is 65.1 Å². The fourth-order valence-electron chi connectivity index (χ4n) is 5.64. The molecule has 0 atom stereocenters. The molecule has 0 saturated heterocycles. The van der Waals surface area contributed by atoms with Crippen molar-refractivity contribution in [3.63, 3.8) is 0 Å². The van der Waals surface area contributed by atoms with Crippen LogP contribution in [0.3, 0.4) is 0 Å². The van der Waals surface area contributed by atoms with Crippen molar-refractivity contribution in [1.29, 1.82) is 0 Å². The number of allylic oxidation sites excluding steroid dienone is 3. The van der Waals surface area contributed by atoms with E-state index in [-0.39, 0.29) is 0 Å². The number of nitrogens with zero attached hydrogens (tertiary/aromatic N) is 2. The zero-order chi connectivity index (χ0) is 20.1. The van der Waals surface area contributed by atoms with E-state index in [0.717, 1.165) is 0 Å². The predicted octanol–water partition coefficient (Wildman–Crippen LogP) is 6.08. The molecule has 1 aromatic heterocycles. The largest absolute Gasteiger partial charge is 0.371 e. The lowest BCUT2D eigenvalue weighted by atomic mass is 9.88. The summed E-state index contributed by atoms with van der Waals surface area (Å²) in [5.74, 6) is 0. The smallest absolute Gasteiger partial charge is 0.265 e. The quantitative estimate of drug-likeness (QED) is 0.462. The molecule has 0 spiro atoms. The normalized spacial score (nSPS) is 19.8. The number of aryl methyl sites for hydroxylation is 3. The Kier molecular flexibility index (Phi) is 4.53. The molecule has 0 radical (unpaired) electrons. The van der Waals surface area contributed by atoms with Crippen molar-refractivity contribution in [3.05, 3.63) is 69.7 Å². The molecule has 0 fully saturated rings. The van der Waals surface area contributed by atoms with Crippen LogP contribution in [0.2, 0.25) is 0 Å². The first-order chi connectivity index (χ1) is 14.8. The molecule has 0 N–H and O–H groups in total. The van der Waals surface area contributed by atoms with E-state index < -0.39 is 0 Å². The Balaban J connectivity index is 1.38. The van der Waals surface area contributed by atoms with Crippen molar-refractivity contribution in [2.45, 2.75) is 44.9 Å². The number of anilines is 1. The second-order valence-electron chi connectivity index (χ2n) is 9.06. The highest BCUT2D eigenvalue weighted by atomic mass is 32.1.